The average Bonchev–Trinajstić information content (AvgIpc) is 2.90. The summed E-state index contributed by atoms with van der Waals surface area (Å²) in [6, 6.07) is 8.70. The van der Waals surface area contributed by atoms with Gasteiger partial charge in [0.1, 0.15) is 23.1 Å². The largest absolute Gasteiger partial charge is 0.494 e. The predicted octanol–water partition coefficient (Wildman–Crippen LogP) is 5.11. The SMILES string of the molecule is COc1cc(F)cc(-c2ccc3c(c2)N(S(=O)(=O)c2cccc(C(F)(F)F)c2)C[C@H](CC2(C(=O)O)COC2)O3)c1F. The first-order chi connectivity index (χ1) is 19.2. The van der Waals surface area contributed by atoms with Crippen LogP contribution < -0.4 is 13.8 Å². The van der Waals surface area contributed by atoms with Crippen LogP contribution in [0.3, 0.4) is 0 Å². The first kappa shape index (κ1) is 28.6. The van der Waals surface area contributed by atoms with E-state index in [0.29, 0.717) is 6.07 Å². The van der Waals surface area contributed by atoms with Crippen molar-refractivity contribution in [2.24, 2.45) is 5.41 Å². The number of rotatable bonds is 7. The summed E-state index contributed by atoms with van der Waals surface area (Å²) >= 11 is 0. The van der Waals surface area contributed by atoms with Gasteiger partial charge in [-0.05, 0) is 42.0 Å². The van der Waals surface area contributed by atoms with Crippen molar-refractivity contribution in [2.75, 3.05) is 31.2 Å². The molecule has 0 amide bonds. The fraction of sp³-hybridized carbons (Fsp3) is 0.296. The van der Waals surface area contributed by atoms with E-state index in [1.807, 2.05) is 0 Å². The zero-order chi connectivity index (χ0) is 29.7. The number of fused-ring (bicyclic) bond motifs is 1. The molecule has 2 aliphatic rings. The second-order valence-corrected chi connectivity index (χ2v) is 11.6. The Kier molecular flexibility index (Phi) is 7.10. The van der Waals surface area contributed by atoms with Crippen LogP contribution in [0.4, 0.5) is 27.6 Å². The maximum atomic E-state index is 15.1. The predicted molar refractivity (Wildman–Crippen MR) is 134 cm³/mol. The van der Waals surface area contributed by atoms with E-state index in [2.05, 4.69) is 0 Å². The van der Waals surface area contributed by atoms with E-state index in [4.69, 9.17) is 14.2 Å². The van der Waals surface area contributed by atoms with Crippen LogP contribution in [0, 0.1) is 17.0 Å². The molecular weight excluding hydrogens is 577 g/mol. The molecule has 0 unspecified atom stereocenters. The summed E-state index contributed by atoms with van der Waals surface area (Å²) < 4.78 is 114. The fourth-order valence-electron chi connectivity index (χ4n) is 4.81. The number of sulfonamides is 1. The Morgan fingerprint density at radius 1 is 1.12 bits per heavy atom. The molecule has 1 atom stereocenters. The molecule has 218 valence electrons. The Balaban J connectivity index is 1.63. The van der Waals surface area contributed by atoms with Gasteiger partial charge in [0.25, 0.3) is 10.0 Å². The topological polar surface area (TPSA) is 102 Å². The number of benzene rings is 3. The van der Waals surface area contributed by atoms with Crippen molar-refractivity contribution in [3.05, 3.63) is 71.8 Å². The second-order valence-electron chi connectivity index (χ2n) is 9.74. The zero-order valence-corrected chi connectivity index (χ0v) is 22.1. The number of carboxylic acids is 1. The van der Waals surface area contributed by atoms with Crippen LogP contribution in [-0.4, -0.2) is 52.5 Å². The molecule has 3 aromatic carbocycles. The van der Waals surface area contributed by atoms with Gasteiger partial charge in [0.15, 0.2) is 11.6 Å². The average molecular weight is 600 g/mol. The molecule has 8 nitrogen and oxygen atoms in total. The highest BCUT2D eigenvalue weighted by molar-refractivity contribution is 7.92. The van der Waals surface area contributed by atoms with Crippen molar-refractivity contribution in [1.82, 2.24) is 0 Å². The first-order valence-corrected chi connectivity index (χ1v) is 13.5. The highest BCUT2D eigenvalue weighted by atomic mass is 32.2. The zero-order valence-electron chi connectivity index (χ0n) is 21.2. The lowest BCUT2D eigenvalue weighted by Crippen LogP contribution is -2.54. The lowest BCUT2D eigenvalue weighted by Gasteiger charge is -2.42. The van der Waals surface area contributed by atoms with Gasteiger partial charge < -0.3 is 19.3 Å². The van der Waals surface area contributed by atoms with Crippen LogP contribution in [0.15, 0.2) is 59.5 Å². The summed E-state index contributed by atoms with van der Waals surface area (Å²) in [6.45, 7) is -0.733. The van der Waals surface area contributed by atoms with Gasteiger partial charge >= 0.3 is 12.1 Å². The van der Waals surface area contributed by atoms with E-state index in [1.54, 1.807) is 0 Å². The summed E-state index contributed by atoms with van der Waals surface area (Å²) in [5.74, 6) is -3.38. The van der Waals surface area contributed by atoms with Crippen molar-refractivity contribution in [3.8, 4) is 22.6 Å². The smallest absolute Gasteiger partial charge is 0.416 e. The van der Waals surface area contributed by atoms with Crippen molar-refractivity contribution >= 4 is 21.7 Å². The number of hydrogen-bond acceptors (Lipinski definition) is 6. The molecule has 2 heterocycles. The standard InChI is InChI=1S/C27H22F5NO7S/c1-38-23-10-17(28)9-20(24(23)29)15-5-6-22-21(7-15)33(12-18(40-22)11-26(25(34)35)13-39-14-26)41(36,37)19-4-2-3-16(8-19)27(30,31)32/h2-10,18H,11-14H2,1H3,(H,34,35)/t18-/m0/s1. The lowest BCUT2D eigenvalue weighted by molar-refractivity contribution is -0.184. The molecule has 0 spiro atoms. The van der Waals surface area contributed by atoms with E-state index in [1.165, 1.54) is 18.2 Å². The number of aliphatic carboxylic acids is 1. The Morgan fingerprint density at radius 2 is 1.85 bits per heavy atom. The molecule has 5 rings (SSSR count). The normalized spacial score (nSPS) is 18.2. The van der Waals surface area contributed by atoms with Gasteiger partial charge in [-0.1, -0.05) is 12.1 Å². The molecule has 0 aromatic heterocycles. The van der Waals surface area contributed by atoms with Gasteiger partial charge in [0.2, 0.25) is 0 Å². The Bertz CT molecular complexity index is 1620. The van der Waals surface area contributed by atoms with Crippen molar-refractivity contribution in [1.29, 1.82) is 0 Å². The molecule has 1 N–H and O–H groups in total. The Hall–Kier alpha value is -3.91. The van der Waals surface area contributed by atoms with Gasteiger partial charge in [-0.25, -0.2) is 17.2 Å². The third-order valence-corrected chi connectivity index (χ3v) is 8.78. The second kappa shape index (κ2) is 10.2. The quantitative estimate of drug-likeness (QED) is 0.377. The van der Waals surface area contributed by atoms with Crippen LogP contribution >= 0.6 is 0 Å². The molecule has 0 radical (unpaired) electrons. The number of nitrogens with zero attached hydrogens (tertiary/aromatic N) is 1. The molecule has 41 heavy (non-hydrogen) atoms. The molecule has 0 saturated carbocycles. The highest BCUT2D eigenvalue weighted by Gasteiger charge is 2.50. The number of alkyl halides is 3. The summed E-state index contributed by atoms with van der Waals surface area (Å²) in [5, 5.41) is 9.72. The maximum absolute atomic E-state index is 15.1. The minimum absolute atomic E-state index is 0.0275. The number of halogens is 5. The molecular formula is C27H22F5NO7S. The molecule has 1 fully saturated rings. The molecule has 14 heteroatoms. The lowest BCUT2D eigenvalue weighted by atomic mass is 9.80. The van der Waals surface area contributed by atoms with Crippen molar-refractivity contribution in [3.63, 3.8) is 0 Å². The Labute approximate surface area is 230 Å². The fourth-order valence-corrected chi connectivity index (χ4v) is 6.35. The summed E-state index contributed by atoms with van der Waals surface area (Å²) in [6.07, 6.45) is -6.01. The van der Waals surface area contributed by atoms with Gasteiger partial charge in [-0.3, -0.25) is 9.10 Å². The summed E-state index contributed by atoms with van der Waals surface area (Å²) in [5.41, 5.74) is -2.93. The number of methoxy groups -OCH3 is 1. The Morgan fingerprint density at radius 3 is 2.46 bits per heavy atom. The molecule has 0 bridgehead atoms. The summed E-state index contributed by atoms with van der Waals surface area (Å²) in [4.78, 5) is 11.2. The minimum atomic E-state index is -4.82. The molecule has 1 saturated heterocycles. The molecule has 3 aromatic rings. The van der Waals surface area contributed by atoms with Crippen LogP contribution in [0.5, 0.6) is 11.5 Å². The first-order valence-electron chi connectivity index (χ1n) is 12.1. The van der Waals surface area contributed by atoms with E-state index in [0.717, 1.165) is 41.7 Å². The van der Waals surface area contributed by atoms with Gasteiger partial charge in [-0.2, -0.15) is 13.2 Å². The van der Waals surface area contributed by atoms with E-state index in [-0.39, 0.29) is 42.2 Å². The highest BCUT2D eigenvalue weighted by Crippen LogP contribution is 2.44. The van der Waals surface area contributed by atoms with Crippen molar-refractivity contribution < 1.29 is 54.5 Å². The number of anilines is 1. The van der Waals surface area contributed by atoms with Crippen LogP contribution in [-0.2, 0) is 25.7 Å². The number of ether oxygens (including phenoxy) is 3. The number of hydrogen-bond donors (Lipinski definition) is 1. The van der Waals surface area contributed by atoms with Crippen molar-refractivity contribution in [2.45, 2.75) is 23.6 Å². The van der Waals surface area contributed by atoms with E-state index in [9.17, 15) is 35.9 Å². The third-order valence-electron chi connectivity index (χ3n) is 7.00. The number of carboxylic acid groups (broad SMARTS) is 1. The van der Waals surface area contributed by atoms with Crippen LogP contribution in [0.25, 0.3) is 11.1 Å². The van der Waals surface area contributed by atoms with Gasteiger partial charge in [0.05, 0.1) is 43.0 Å². The molecule has 0 aliphatic carbocycles. The van der Waals surface area contributed by atoms with Crippen LogP contribution in [0.2, 0.25) is 0 Å². The molecule has 2 aliphatic heterocycles. The van der Waals surface area contributed by atoms with Gasteiger partial charge in [-0.15, -0.1) is 0 Å². The van der Waals surface area contributed by atoms with Crippen LogP contribution in [0.1, 0.15) is 12.0 Å². The van der Waals surface area contributed by atoms with Gasteiger partial charge in [0, 0.05) is 18.1 Å². The third kappa shape index (κ3) is 5.17. The maximum Gasteiger partial charge on any atom is 0.416 e. The van der Waals surface area contributed by atoms with E-state index >= 15 is 4.39 Å². The monoisotopic (exact) mass is 599 g/mol. The number of carbonyl (C=O) groups is 1. The van der Waals surface area contributed by atoms with E-state index < -0.39 is 68.1 Å². The minimum Gasteiger partial charge on any atom is -0.494 e. The summed E-state index contributed by atoms with van der Waals surface area (Å²) in [7, 11) is -3.56.